The van der Waals surface area contributed by atoms with Gasteiger partial charge in [0.05, 0.1) is 33.1 Å². The number of para-hydroxylation sites is 6. The molecule has 6 heteroatoms. The maximum absolute atomic E-state index is 2.77. The van der Waals surface area contributed by atoms with Crippen LogP contribution in [0.2, 0.25) is 0 Å². The third-order valence-corrected chi connectivity index (χ3v) is 14.1. The molecular formula is C50H26B2N4. The van der Waals surface area contributed by atoms with Crippen LogP contribution >= 0.6 is 0 Å². The molecule has 8 aromatic carbocycles. The summed E-state index contributed by atoms with van der Waals surface area (Å²) in [6, 6.07) is 60.0. The van der Waals surface area contributed by atoms with Crippen molar-refractivity contribution >= 4 is 112 Å². The fraction of sp³-hybridized carbons (Fsp3) is 0. The molecule has 0 bridgehead atoms. The molecule has 56 heavy (non-hydrogen) atoms. The first kappa shape index (κ1) is 27.4. The Balaban J connectivity index is 1.14. The van der Waals surface area contributed by atoms with Crippen LogP contribution in [0.4, 0.5) is 0 Å². The monoisotopic (exact) mass is 704 g/mol. The van der Waals surface area contributed by atoms with Gasteiger partial charge in [-0.2, -0.15) is 0 Å². The molecular weight excluding hydrogens is 678 g/mol. The van der Waals surface area contributed by atoms with Gasteiger partial charge >= 0.3 is 13.7 Å². The summed E-state index contributed by atoms with van der Waals surface area (Å²) in [6.45, 7) is 0.0469. The summed E-state index contributed by atoms with van der Waals surface area (Å²) in [4.78, 5) is 0. The molecule has 0 atom stereocenters. The molecule has 4 nitrogen and oxygen atoms in total. The summed E-state index contributed by atoms with van der Waals surface area (Å²) in [5.41, 5.74) is 24.0. The number of rotatable bonds is 0. The summed E-state index contributed by atoms with van der Waals surface area (Å²) < 4.78 is 10.6. The Kier molecular flexibility index (Phi) is 4.34. The molecule has 0 amide bonds. The average Bonchev–Trinajstić information content (AvgIpc) is 3.99. The van der Waals surface area contributed by atoms with Gasteiger partial charge in [-0.05, 0) is 57.2 Å². The van der Waals surface area contributed by atoms with Crippen LogP contribution in [0.15, 0.2) is 158 Å². The van der Waals surface area contributed by atoms with Gasteiger partial charge in [0.25, 0.3) is 0 Å². The molecule has 8 heterocycles. The van der Waals surface area contributed by atoms with E-state index in [0.717, 1.165) is 0 Å². The van der Waals surface area contributed by atoms with Gasteiger partial charge in [-0.25, -0.2) is 0 Å². The van der Waals surface area contributed by atoms with Gasteiger partial charge in [-0.15, -0.1) is 0 Å². The van der Waals surface area contributed by atoms with Crippen LogP contribution in [0.25, 0.3) is 110 Å². The standard InChI is InChI=1S/C50H26B2N4/c1-5-19-39-27(11-1)33-25-23-29-31-13-9-15-35-45(31)55(51-37-17-3-7-21-41(37)53(39)47(33)43(29)51)49-36-16-10-14-32-30-24-26-34-28-12-2-6-20-40(28)54-42-22-8-4-18-38(42)52(44(30)48(34)54)56(46(32)36)50(35)49/h1-26H. The molecule has 16 rings (SSSR count). The molecule has 0 saturated heterocycles. The fourth-order valence-corrected chi connectivity index (χ4v) is 12.3. The minimum absolute atomic E-state index is 0.0235. The third-order valence-electron chi connectivity index (χ3n) is 14.1. The zero-order chi connectivity index (χ0) is 35.7. The Bertz CT molecular complexity index is 3650. The van der Waals surface area contributed by atoms with E-state index in [2.05, 4.69) is 176 Å². The second-order valence-corrected chi connectivity index (χ2v) is 16.3. The number of hydrogen-bond acceptors (Lipinski definition) is 0. The van der Waals surface area contributed by atoms with Gasteiger partial charge in [0.1, 0.15) is 0 Å². The Morgan fingerprint density at radius 1 is 0.286 bits per heavy atom. The van der Waals surface area contributed by atoms with E-state index in [-0.39, 0.29) is 13.7 Å². The molecule has 0 spiro atoms. The maximum Gasteiger partial charge on any atom is 0.333 e. The van der Waals surface area contributed by atoms with Crippen molar-refractivity contribution in [3.8, 4) is 33.6 Å². The highest BCUT2D eigenvalue weighted by atomic mass is 15.1. The number of hydrogen-bond donors (Lipinski definition) is 0. The van der Waals surface area contributed by atoms with Crippen LogP contribution in [0.1, 0.15) is 0 Å². The lowest BCUT2D eigenvalue weighted by atomic mass is 9.45. The summed E-state index contributed by atoms with van der Waals surface area (Å²) >= 11 is 0. The van der Waals surface area contributed by atoms with Gasteiger partial charge in [0, 0.05) is 65.9 Å². The molecule has 4 aliphatic rings. The Morgan fingerprint density at radius 3 is 1.21 bits per heavy atom. The van der Waals surface area contributed by atoms with E-state index in [4.69, 9.17) is 0 Å². The highest BCUT2D eigenvalue weighted by Crippen LogP contribution is 2.49. The van der Waals surface area contributed by atoms with Crippen molar-refractivity contribution in [1.29, 1.82) is 0 Å². The number of benzene rings is 8. The van der Waals surface area contributed by atoms with Crippen molar-refractivity contribution < 1.29 is 0 Å². The van der Waals surface area contributed by atoms with Crippen molar-refractivity contribution in [3.63, 3.8) is 0 Å². The lowest BCUT2D eigenvalue weighted by Gasteiger charge is -2.34. The first-order valence-corrected chi connectivity index (χ1v) is 19.8. The largest absolute Gasteiger partial charge is 0.374 e. The maximum atomic E-state index is 2.77. The third kappa shape index (κ3) is 2.70. The van der Waals surface area contributed by atoms with Gasteiger partial charge in [0.15, 0.2) is 0 Å². The minimum Gasteiger partial charge on any atom is -0.374 e. The van der Waals surface area contributed by atoms with E-state index in [1.807, 2.05) is 0 Å². The molecule has 4 aromatic heterocycles. The number of aromatic nitrogens is 4. The molecule has 0 radical (unpaired) electrons. The van der Waals surface area contributed by atoms with E-state index >= 15 is 0 Å². The second kappa shape index (κ2) is 8.86. The van der Waals surface area contributed by atoms with Gasteiger partial charge in [-0.3, -0.25) is 0 Å². The predicted octanol–water partition coefficient (Wildman–Crippen LogP) is 8.84. The molecule has 252 valence electrons. The molecule has 0 fully saturated rings. The Labute approximate surface area is 320 Å². The van der Waals surface area contributed by atoms with Crippen molar-refractivity contribution in [2.75, 3.05) is 0 Å². The van der Waals surface area contributed by atoms with Crippen LogP contribution in [-0.4, -0.2) is 31.8 Å². The SMILES string of the molecule is c1ccc2c(c1)B1c3c(ccc4c5ccccc5n-2c34)-c2cccc3c2n1c1c2cccc4c2n(c31)B1c2ccccc2-n2c3ccccc3c3ccc-4c1c32. The molecule has 4 aliphatic heterocycles. The molecule has 0 unspecified atom stereocenters. The fourth-order valence-electron chi connectivity index (χ4n) is 12.3. The Hall–Kier alpha value is -7.17. The van der Waals surface area contributed by atoms with E-state index < -0.39 is 0 Å². The van der Waals surface area contributed by atoms with Crippen molar-refractivity contribution in [2.24, 2.45) is 0 Å². The lowest BCUT2D eigenvalue weighted by Crippen LogP contribution is -2.55. The first-order valence-electron chi connectivity index (χ1n) is 19.8. The molecule has 0 saturated carbocycles. The van der Waals surface area contributed by atoms with Crippen molar-refractivity contribution in [1.82, 2.24) is 18.1 Å². The summed E-state index contributed by atoms with van der Waals surface area (Å²) in [5, 5.41) is 7.93. The number of fused-ring (bicyclic) bond motifs is 21. The van der Waals surface area contributed by atoms with Crippen LogP contribution in [-0.2, 0) is 0 Å². The van der Waals surface area contributed by atoms with E-state index in [1.54, 1.807) is 0 Å². The van der Waals surface area contributed by atoms with Gasteiger partial charge in [-0.1, -0.05) is 133 Å². The zero-order valence-corrected chi connectivity index (χ0v) is 30.0. The topological polar surface area (TPSA) is 19.7 Å². The average molecular weight is 704 g/mol. The van der Waals surface area contributed by atoms with Crippen molar-refractivity contribution in [2.45, 2.75) is 0 Å². The van der Waals surface area contributed by atoms with Crippen molar-refractivity contribution in [3.05, 3.63) is 158 Å². The summed E-state index contributed by atoms with van der Waals surface area (Å²) in [7, 11) is 0. The normalized spacial score (nSPS) is 14.0. The molecule has 0 aliphatic carbocycles. The smallest absolute Gasteiger partial charge is 0.333 e. The molecule has 0 N–H and O–H groups in total. The quantitative estimate of drug-likeness (QED) is 0.141. The molecule has 12 aromatic rings. The van der Waals surface area contributed by atoms with Gasteiger partial charge in [0.2, 0.25) is 0 Å². The zero-order valence-electron chi connectivity index (χ0n) is 30.0. The summed E-state index contributed by atoms with van der Waals surface area (Å²) in [6.07, 6.45) is 0. The van der Waals surface area contributed by atoms with E-state index in [1.165, 1.54) is 132 Å². The van der Waals surface area contributed by atoms with Crippen LogP contribution < -0.4 is 21.9 Å². The van der Waals surface area contributed by atoms with Gasteiger partial charge < -0.3 is 18.1 Å². The summed E-state index contributed by atoms with van der Waals surface area (Å²) in [5.74, 6) is 0. The predicted molar refractivity (Wildman–Crippen MR) is 235 cm³/mol. The highest BCUT2D eigenvalue weighted by Gasteiger charge is 2.46. The van der Waals surface area contributed by atoms with E-state index in [0.29, 0.717) is 0 Å². The highest BCUT2D eigenvalue weighted by molar-refractivity contribution is 6.92. The number of nitrogens with zero attached hydrogens (tertiary/aromatic N) is 4. The Morgan fingerprint density at radius 2 is 0.714 bits per heavy atom. The van der Waals surface area contributed by atoms with Crippen LogP contribution in [0.3, 0.4) is 0 Å². The first-order chi connectivity index (χ1) is 27.9. The second-order valence-electron chi connectivity index (χ2n) is 16.3. The minimum atomic E-state index is 0.0235. The van der Waals surface area contributed by atoms with E-state index in [9.17, 15) is 0 Å². The lowest BCUT2D eigenvalue weighted by molar-refractivity contribution is 1.18. The van der Waals surface area contributed by atoms with Crippen LogP contribution in [0, 0.1) is 0 Å². The van der Waals surface area contributed by atoms with Crippen LogP contribution in [0.5, 0.6) is 0 Å².